The topological polar surface area (TPSA) is 58.2 Å². The number of carbonyl (C=O) groups excluding carboxylic acids is 2. The van der Waals surface area contributed by atoms with Gasteiger partial charge in [-0.05, 0) is 13.8 Å². The van der Waals surface area contributed by atoms with E-state index in [0.717, 1.165) is 0 Å². The number of nitrogens with one attached hydrogen (secondary N) is 2. The fourth-order valence-corrected chi connectivity index (χ4v) is 0.976. The number of amides is 2. The van der Waals surface area contributed by atoms with Crippen molar-refractivity contribution in [1.29, 1.82) is 0 Å². The Bertz CT molecular complexity index is 186. The molecule has 0 radical (unpaired) electrons. The molecule has 2 N–H and O–H groups in total. The molecule has 6 heteroatoms. The lowest BCUT2D eigenvalue weighted by atomic mass is 10.4. The smallest absolute Gasteiger partial charge is 0.233 e. The largest absolute Gasteiger partial charge is 0.353 e. The summed E-state index contributed by atoms with van der Waals surface area (Å²) in [5.41, 5.74) is 0. The lowest BCUT2D eigenvalue weighted by Gasteiger charge is -2.08. The molecule has 0 fully saturated rings. The van der Waals surface area contributed by atoms with E-state index in [0.29, 0.717) is 13.1 Å². The highest BCUT2D eigenvalue weighted by Crippen LogP contribution is 1.96. The number of hydrogen-bond acceptors (Lipinski definition) is 2. The van der Waals surface area contributed by atoms with Crippen LogP contribution in [-0.2, 0) is 9.59 Å². The Morgan fingerprint density at radius 2 is 1.29 bits per heavy atom. The van der Waals surface area contributed by atoms with E-state index in [4.69, 9.17) is 0 Å². The van der Waals surface area contributed by atoms with Crippen LogP contribution in [-0.4, -0.2) is 34.6 Å². The highest BCUT2D eigenvalue weighted by atomic mass is 79.9. The molecular formula is C8H14Br2N2O2. The molecule has 0 rings (SSSR count). The van der Waals surface area contributed by atoms with Gasteiger partial charge in [0, 0.05) is 13.1 Å². The van der Waals surface area contributed by atoms with Crippen LogP contribution < -0.4 is 10.6 Å². The van der Waals surface area contributed by atoms with Gasteiger partial charge in [-0.15, -0.1) is 0 Å². The lowest BCUT2D eigenvalue weighted by molar-refractivity contribution is -0.121. The molecule has 2 atom stereocenters. The van der Waals surface area contributed by atoms with Gasteiger partial charge in [0.2, 0.25) is 11.8 Å². The third kappa shape index (κ3) is 6.37. The third-order valence-corrected chi connectivity index (χ3v) is 2.28. The zero-order valence-corrected chi connectivity index (χ0v) is 11.3. The Hall–Kier alpha value is -0.100. The molecule has 0 aliphatic heterocycles. The molecule has 0 aromatic carbocycles. The summed E-state index contributed by atoms with van der Waals surface area (Å²) < 4.78 is 0. The van der Waals surface area contributed by atoms with Crippen molar-refractivity contribution in [3.8, 4) is 0 Å². The molecule has 0 saturated heterocycles. The van der Waals surface area contributed by atoms with Gasteiger partial charge in [-0.2, -0.15) is 0 Å². The average molecular weight is 330 g/mol. The minimum Gasteiger partial charge on any atom is -0.353 e. The van der Waals surface area contributed by atoms with E-state index < -0.39 is 0 Å². The number of rotatable bonds is 5. The fourth-order valence-electron chi connectivity index (χ4n) is 0.653. The Morgan fingerprint density at radius 1 is 1.00 bits per heavy atom. The van der Waals surface area contributed by atoms with E-state index in [1.165, 1.54) is 0 Å². The molecule has 0 bridgehead atoms. The van der Waals surface area contributed by atoms with E-state index in [1.54, 1.807) is 13.8 Å². The molecule has 0 aliphatic carbocycles. The number of alkyl halides is 2. The summed E-state index contributed by atoms with van der Waals surface area (Å²) in [7, 11) is 0. The molecule has 0 aliphatic rings. The van der Waals surface area contributed by atoms with Crippen LogP contribution in [0.1, 0.15) is 13.8 Å². The van der Waals surface area contributed by atoms with Crippen molar-refractivity contribution < 1.29 is 9.59 Å². The van der Waals surface area contributed by atoms with E-state index in [9.17, 15) is 9.59 Å². The zero-order chi connectivity index (χ0) is 11.1. The highest BCUT2D eigenvalue weighted by Gasteiger charge is 2.09. The van der Waals surface area contributed by atoms with Crippen LogP contribution in [0.5, 0.6) is 0 Å². The zero-order valence-electron chi connectivity index (χ0n) is 8.14. The summed E-state index contributed by atoms with van der Waals surface area (Å²) >= 11 is 6.27. The molecule has 0 heterocycles. The molecule has 2 unspecified atom stereocenters. The van der Waals surface area contributed by atoms with Gasteiger partial charge >= 0.3 is 0 Å². The van der Waals surface area contributed by atoms with E-state index in [-0.39, 0.29) is 21.5 Å². The number of hydrogen-bond donors (Lipinski definition) is 2. The summed E-state index contributed by atoms with van der Waals surface area (Å²) in [6.45, 7) is 4.38. The van der Waals surface area contributed by atoms with Gasteiger partial charge in [0.15, 0.2) is 0 Å². The molecule has 0 spiro atoms. The minimum atomic E-state index is -0.201. The van der Waals surface area contributed by atoms with Crippen molar-refractivity contribution in [3.05, 3.63) is 0 Å². The Labute approximate surface area is 100 Å². The van der Waals surface area contributed by atoms with Crippen molar-refractivity contribution in [2.24, 2.45) is 0 Å². The van der Waals surface area contributed by atoms with Crippen LogP contribution in [0.2, 0.25) is 0 Å². The first-order chi connectivity index (χ1) is 6.45. The summed E-state index contributed by atoms with van der Waals surface area (Å²) in [5, 5.41) is 5.32. The van der Waals surface area contributed by atoms with Gasteiger partial charge in [0.05, 0.1) is 9.65 Å². The Balaban J connectivity index is 3.48. The Kier molecular flexibility index (Phi) is 7.17. The summed E-state index contributed by atoms with van der Waals surface area (Å²) in [5.74, 6) is -0.155. The van der Waals surface area contributed by atoms with Gasteiger partial charge in [-0.25, -0.2) is 0 Å². The number of halogens is 2. The average Bonchev–Trinajstić information content (AvgIpc) is 2.11. The van der Waals surface area contributed by atoms with Gasteiger partial charge in [-0.3, -0.25) is 9.59 Å². The lowest BCUT2D eigenvalue weighted by Crippen LogP contribution is -2.38. The van der Waals surface area contributed by atoms with Crippen LogP contribution in [0, 0.1) is 0 Å². The second kappa shape index (κ2) is 7.23. The van der Waals surface area contributed by atoms with Crippen LogP contribution >= 0.6 is 31.9 Å². The Morgan fingerprint density at radius 3 is 1.50 bits per heavy atom. The van der Waals surface area contributed by atoms with Crippen molar-refractivity contribution in [1.82, 2.24) is 10.6 Å². The quantitative estimate of drug-likeness (QED) is 0.578. The summed E-state index contributed by atoms with van der Waals surface area (Å²) in [6.07, 6.45) is 0. The predicted octanol–water partition coefficient (Wildman–Crippen LogP) is 0.786. The first-order valence-electron chi connectivity index (χ1n) is 4.28. The molecule has 82 valence electrons. The van der Waals surface area contributed by atoms with Gasteiger partial charge in [-0.1, -0.05) is 31.9 Å². The van der Waals surface area contributed by atoms with E-state index >= 15 is 0 Å². The van der Waals surface area contributed by atoms with Crippen LogP contribution in [0.25, 0.3) is 0 Å². The minimum absolute atomic E-state index is 0.0776. The van der Waals surface area contributed by atoms with Gasteiger partial charge < -0.3 is 10.6 Å². The fraction of sp³-hybridized carbons (Fsp3) is 0.750. The van der Waals surface area contributed by atoms with Crippen molar-refractivity contribution in [2.75, 3.05) is 13.1 Å². The van der Waals surface area contributed by atoms with Gasteiger partial charge in [0.1, 0.15) is 0 Å². The monoisotopic (exact) mass is 328 g/mol. The van der Waals surface area contributed by atoms with Crippen molar-refractivity contribution in [2.45, 2.75) is 23.5 Å². The molecule has 14 heavy (non-hydrogen) atoms. The highest BCUT2D eigenvalue weighted by molar-refractivity contribution is 9.10. The normalized spacial score (nSPS) is 14.3. The second-order valence-corrected chi connectivity index (χ2v) is 5.56. The maximum atomic E-state index is 11.0. The van der Waals surface area contributed by atoms with E-state index in [1.807, 2.05) is 0 Å². The second-order valence-electron chi connectivity index (χ2n) is 2.81. The van der Waals surface area contributed by atoms with Crippen molar-refractivity contribution >= 4 is 43.7 Å². The van der Waals surface area contributed by atoms with Crippen molar-refractivity contribution in [3.63, 3.8) is 0 Å². The molecule has 2 amide bonds. The first-order valence-corrected chi connectivity index (χ1v) is 6.12. The predicted molar refractivity (Wildman–Crippen MR) is 62.8 cm³/mol. The third-order valence-electron chi connectivity index (χ3n) is 1.45. The maximum Gasteiger partial charge on any atom is 0.233 e. The summed E-state index contributed by atoms with van der Waals surface area (Å²) in [4.78, 5) is 21.7. The molecule has 0 aromatic rings. The van der Waals surface area contributed by atoms with Crippen LogP contribution in [0.4, 0.5) is 0 Å². The molecule has 4 nitrogen and oxygen atoms in total. The maximum absolute atomic E-state index is 11.0. The van der Waals surface area contributed by atoms with E-state index in [2.05, 4.69) is 42.5 Å². The standard InChI is InChI=1S/C8H14Br2N2O2/c1-5(9)7(13)11-3-4-12-8(14)6(2)10/h5-6H,3-4H2,1-2H3,(H,11,13)(H,12,14). The SMILES string of the molecule is CC(Br)C(=O)NCCNC(=O)C(C)Br. The molecule has 0 aromatic heterocycles. The summed E-state index contributed by atoms with van der Waals surface area (Å²) in [6, 6.07) is 0. The molecular weight excluding hydrogens is 316 g/mol. The molecule has 0 saturated carbocycles. The first kappa shape index (κ1) is 13.9. The van der Waals surface area contributed by atoms with Gasteiger partial charge in [0.25, 0.3) is 0 Å². The number of carbonyl (C=O) groups is 2. The van der Waals surface area contributed by atoms with Crippen LogP contribution in [0.15, 0.2) is 0 Å². The van der Waals surface area contributed by atoms with Crippen LogP contribution in [0.3, 0.4) is 0 Å².